The topological polar surface area (TPSA) is 94.9 Å². The predicted molar refractivity (Wildman–Crippen MR) is 69.2 cm³/mol. The summed E-state index contributed by atoms with van der Waals surface area (Å²) in [5.74, 6) is -0.658. The maximum Gasteiger partial charge on any atom is 0.416 e. The lowest BCUT2D eigenvalue weighted by Crippen LogP contribution is -2.16. The van der Waals surface area contributed by atoms with Crippen LogP contribution in [0.2, 0.25) is 0 Å². The second-order valence-corrected chi connectivity index (χ2v) is 4.32. The molecule has 21 heavy (non-hydrogen) atoms. The van der Waals surface area contributed by atoms with Gasteiger partial charge in [0.15, 0.2) is 0 Å². The van der Waals surface area contributed by atoms with Crippen molar-refractivity contribution in [3.8, 4) is 0 Å². The summed E-state index contributed by atoms with van der Waals surface area (Å²) in [4.78, 5) is 18.7. The Morgan fingerprint density at radius 1 is 1.29 bits per heavy atom. The van der Waals surface area contributed by atoms with Gasteiger partial charge in [-0.25, -0.2) is 9.97 Å². The minimum Gasteiger partial charge on any atom is -0.383 e. The molecule has 0 saturated heterocycles. The highest BCUT2D eigenvalue weighted by Crippen LogP contribution is 2.29. The van der Waals surface area contributed by atoms with Gasteiger partial charge < -0.3 is 11.5 Å². The van der Waals surface area contributed by atoms with Crippen LogP contribution in [0, 0.1) is 0 Å². The number of nitrogen functional groups attached to an aromatic ring is 1. The normalized spacial score (nSPS) is 11.4. The number of amides is 1. The molecule has 1 aromatic carbocycles. The lowest BCUT2D eigenvalue weighted by atomic mass is 10.1. The molecule has 4 N–H and O–H groups in total. The Hall–Kier alpha value is -2.64. The second-order valence-electron chi connectivity index (χ2n) is 4.32. The summed E-state index contributed by atoms with van der Waals surface area (Å²) in [5.41, 5.74) is 10.2. The summed E-state index contributed by atoms with van der Waals surface area (Å²) < 4.78 is 37.8. The summed E-state index contributed by atoms with van der Waals surface area (Å²) in [7, 11) is 0. The monoisotopic (exact) mass is 296 g/mol. The van der Waals surface area contributed by atoms with E-state index in [1.807, 2.05) is 0 Å². The van der Waals surface area contributed by atoms with Crippen LogP contribution in [0.15, 0.2) is 30.5 Å². The summed E-state index contributed by atoms with van der Waals surface area (Å²) in [6.07, 6.45) is -3.19. The lowest BCUT2D eigenvalue weighted by Gasteiger charge is -2.09. The van der Waals surface area contributed by atoms with Crippen molar-refractivity contribution >= 4 is 11.7 Å². The molecule has 2 rings (SSSR count). The maximum absolute atomic E-state index is 12.6. The van der Waals surface area contributed by atoms with Crippen molar-refractivity contribution in [3.63, 3.8) is 0 Å². The summed E-state index contributed by atoms with van der Waals surface area (Å²) in [6.45, 7) is 0. The Morgan fingerprint density at radius 2 is 2.00 bits per heavy atom. The van der Waals surface area contributed by atoms with Crippen LogP contribution in [0.5, 0.6) is 0 Å². The first-order valence-electron chi connectivity index (χ1n) is 5.84. The fourth-order valence-electron chi connectivity index (χ4n) is 1.75. The van der Waals surface area contributed by atoms with Crippen molar-refractivity contribution in [3.05, 3.63) is 53.0 Å². The second kappa shape index (κ2) is 5.39. The van der Waals surface area contributed by atoms with Gasteiger partial charge in [-0.05, 0) is 11.6 Å². The Balaban J connectivity index is 2.27. The predicted octanol–water partition coefficient (Wildman–Crippen LogP) is 1.77. The van der Waals surface area contributed by atoms with E-state index in [4.69, 9.17) is 11.5 Å². The molecule has 110 valence electrons. The highest BCUT2D eigenvalue weighted by molar-refractivity contribution is 5.96. The van der Waals surface area contributed by atoms with E-state index >= 15 is 0 Å². The van der Waals surface area contributed by atoms with Crippen LogP contribution < -0.4 is 11.5 Å². The minimum absolute atomic E-state index is 0.0252. The molecule has 5 nitrogen and oxygen atoms in total. The summed E-state index contributed by atoms with van der Waals surface area (Å²) >= 11 is 0. The standard InChI is InChI=1S/C13H11F3N4O/c14-13(15,16)8-3-1-2-7(4-8)5-10-19-6-9(12(18)21)11(17)20-10/h1-4,6H,5H2,(H2,18,21)(H2,17,19,20). The van der Waals surface area contributed by atoms with Crippen molar-refractivity contribution in [2.75, 3.05) is 5.73 Å². The molecule has 2 aromatic rings. The van der Waals surface area contributed by atoms with Gasteiger partial charge in [0.25, 0.3) is 5.91 Å². The molecule has 0 spiro atoms. The van der Waals surface area contributed by atoms with E-state index in [-0.39, 0.29) is 23.6 Å². The number of primary amides is 1. The molecular weight excluding hydrogens is 285 g/mol. The van der Waals surface area contributed by atoms with Gasteiger partial charge in [0, 0.05) is 12.6 Å². The molecule has 1 aromatic heterocycles. The van der Waals surface area contributed by atoms with E-state index in [9.17, 15) is 18.0 Å². The van der Waals surface area contributed by atoms with Crippen LogP contribution in [-0.2, 0) is 12.6 Å². The molecule has 0 radical (unpaired) electrons. The largest absolute Gasteiger partial charge is 0.416 e. The molecule has 0 saturated carbocycles. The molecule has 8 heteroatoms. The average molecular weight is 296 g/mol. The number of aromatic nitrogens is 2. The molecule has 0 unspecified atom stereocenters. The van der Waals surface area contributed by atoms with Crippen molar-refractivity contribution in [1.82, 2.24) is 9.97 Å². The average Bonchev–Trinajstić information content (AvgIpc) is 2.37. The quantitative estimate of drug-likeness (QED) is 0.902. The smallest absolute Gasteiger partial charge is 0.383 e. The first-order chi connectivity index (χ1) is 9.77. The third-order valence-electron chi connectivity index (χ3n) is 2.75. The van der Waals surface area contributed by atoms with Gasteiger partial charge in [0.05, 0.1) is 11.1 Å². The molecule has 1 heterocycles. The Labute approximate surface area is 117 Å². The molecule has 0 fully saturated rings. The molecule has 0 aliphatic carbocycles. The third kappa shape index (κ3) is 3.47. The molecule has 0 atom stereocenters. The minimum atomic E-state index is -4.41. The first kappa shape index (κ1) is 14.8. The SMILES string of the molecule is NC(=O)c1cnc(Cc2cccc(C(F)(F)F)c2)nc1N. The van der Waals surface area contributed by atoms with Crippen LogP contribution in [0.25, 0.3) is 0 Å². The number of anilines is 1. The van der Waals surface area contributed by atoms with Crippen molar-refractivity contribution in [2.45, 2.75) is 12.6 Å². The third-order valence-corrected chi connectivity index (χ3v) is 2.75. The van der Waals surface area contributed by atoms with Gasteiger partial charge in [-0.15, -0.1) is 0 Å². The van der Waals surface area contributed by atoms with Gasteiger partial charge in [-0.2, -0.15) is 13.2 Å². The van der Waals surface area contributed by atoms with E-state index < -0.39 is 17.6 Å². The highest BCUT2D eigenvalue weighted by Gasteiger charge is 2.30. The van der Waals surface area contributed by atoms with Gasteiger partial charge in [-0.3, -0.25) is 4.79 Å². The van der Waals surface area contributed by atoms with E-state index in [1.54, 1.807) is 0 Å². The van der Waals surface area contributed by atoms with Crippen LogP contribution in [0.3, 0.4) is 0 Å². The lowest BCUT2D eigenvalue weighted by molar-refractivity contribution is -0.137. The van der Waals surface area contributed by atoms with Crippen molar-refractivity contribution in [2.24, 2.45) is 5.73 Å². The molecule has 0 bridgehead atoms. The number of halogens is 3. The van der Waals surface area contributed by atoms with Gasteiger partial charge in [0.1, 0.15) is 11.6 Å². The van der Waals surface area contributed by atoms with Gasteiger partial charge >= 0.3 is 6.18 Å². The van der Waals surface area contributed by atoms with Crippen molar-refractivity contribution < 1.29 is 18.0 Å². The first-order valence-corrected chi connectivity index (χ1v) is 5.84. The van der Waals surface area contributed by atoms with Crippen LogP contribution in [0.4, 0.5) is 19.0 Å². The van der Waals surface area contributed by atoms with Crippen LogP contribution >= 0.6 is 0 Å². The zero-order valence-electron chi connectivity index (χ0n) is 10.7. The molecule has 0 aliphatic rings. The van der Waals surface area contributed by atoms with E-state index in [1.165, 1.54) is 12.1 Å². The number of carbonyl (C=O) groups excluding carboxylic acids is 1. The zero-order chi connectivity index (χ0) is 15.6. The maximum atomic E-state index is 12.6. The number of alkyl halides is 3. The Kier molecular flexibility index (Phi) is 3.79. The summed E-state index contributed by atoms with van der Waals surface area (Å²) in [5, 5.41) is 0. The van der Waals surface area contributed by atoms with Crippen LogP contribution in [0.1, 0.15) is 27.3 Å². The fourth-order valence-corrected chi connectivity index (χ4v) is 1.75. The molecule has 0 aliphatic heterocycles. The number of nitrogens with two attached hydrogens (primary N) is 2. The Bertz CT molecular complexity index is 685. The number of benzene rings is 1. The van der Waals surface area contributed by atoms with E-state index in [0.29, 0.717) is 5.56 Å². The fraction of sp³-hybridized carbons (Fsp3) is 0.154. The van der Waals surface area contributed by atoms with Gasteiger partial charge in [0.2, 0.25) is 0 Å². The van der Waals surface area contributed by atoms with Gasteiger partial charge in [-0.1, -0.05) is 18.2 Å². The van der Waals surface area contributed by atoms with Crippen LogP contribution in [-0.4, -0.2) is 15.9 Å². The molecular formula is C13H11F3N4O. The van der Waals surface area contributed by atoms with Crippen molar-refractivity contribution in [1.29, 1.82) is 0 Å². The van der Waals surface area contributed by atoms with E-state index in [0.717, 1.165) is 18.3 Å². The van der Waals surface area contributed by atoms with E-state index in [2.05, 4.69) is 9.97 Å². The molecule has 1 amide bonds. The number of hydrogen-bond donors (Lipinski definition) is 2. The summed E-state index contributed by atoms with van der Waals surface area (Å²) in [6, 6.07) is 4.83. The number of nitrogens with zero attached hydrogens (tertiary/aromatic N) is 2. The number of carbonyl (C=O) groups is 1. The zero-order valence-corrected chi connectivity index (χ0v) is 10.7. The number of rotatable bonds is 3. The number of hydrogen-bond acceptors (Lipinski definition) is 4. The highest BCUT2D eigenvalue weighted by atomic mass is 19.4. The Morgan fingerprint density at radius 3 is 2.57 bits per heavy atom.